The summed E-state index contributed by atoms with van der Waals surface area (Å²) in [6.07, 6.45) is 0.951. The third-order valence-electron chi connectivity index (χ3n) is 3.74. The lowest BCUT2D eigenvalue weighted by Crippen LogP contribution is -2.44. The molecule has 20 heavy (non-hydrogen) atoms. The Bertz CT molecular complexity index is 524. The van der Waals surface area contributed by atoms with Crippen molar-refractivity contribution >= 4 is 17.6 Å². The summed E-state index contributed by atoms with van der Waals surface area (Å²) in [5.74, 6) is -0.979. The average Bonchev–Trinajstić information content (AvgIpc) is 2.36. The highest BCUT2D eigenvalue weighted by molar-refractivity contribution is 5.97. The molecule has 2 unspecified atom stereocenters. The van der Waals surface area contributed by atoms with Crippen molar-refractivity contribution in [2.45, 2.75) is 45.6 Å². The lowest BCUT2D eigenvalue weighted by Gasteiger charge is -2.38. The van der Waals surface area contributed by atoms with E-state index in [-0.39, 0.29) is 11.9 Å². The Morgan fingerprint density at radius 3 is 2.60 bits per heavy atom. The quantitative estimate of drug-likeness (QED) is 0.922. The van der Waals surface area contributed by atoms with Crippen LogP contribution in [0.4, 0.5) is 5.69 Å². The lowest BCUT2D eigenvalue weighted by atomic mass is 9.85. The minimum atomic E-state index is -0.819. The zero-order chi connectivity index (χ0) is 14.9. The van der Waals surface area contributed by atoms with Crippen LogP contribution in [0, 0.1) is 5.92 Å². The van der Waals surface area contributed by atoms with Crippen LogP contribution in [0.1, 0.15) is 45.1 Å². The van der Waals surface area contributed by atoms with Crippen molar-refractivity contribution in [3.05, 3.63) is 29.8 Å². The van der Waals surface area contributed by atoms with E-state index < -0.39 is 11.9 Å². The van der Waals surface area contributed by atoms with Gasteiger partial charge in [0.15, 0.2) is 0 Å². The van der Waals surface area contributed by atoms with Crippen LogP contribution in [0.25, 0.3) is 0 Å². The van der Waals surface area contributed by atoms with Gasteiger partial charge < -0.3 is 10.0 Å². The molecule has 0 radical (unpaired) electrons. The smallest absolute Gasteiger partial charge is 0.311 e. The van der Waals surface area contributed by atoms with Crippen LogP contribution in [-0.4, -0.2) is 23.0 Å². The van der Waals surface area contributed by atoms with Gasteiger partial charge in [-0.15, -0.1) is 0 Å². The summed E-state index contributed by atoms with van der Waals surface area (Å²) in [7, 11) is 0. The van der Waals surface area contributed by atoms with Gasteiger partial charge in [0, 0.05) is 18.2 Å². The molecule has 1 aromatic rings. The number of aliphatic carboxylic acids is 1. The Hall–Kier alpha value is -1.84. The summed E-state index contributed by atoms with van der Waals surface area (Å²) in [4.78, 5) is 25.6. The highest BCUT2D eigenvalue weighted by Crippen LogP contribution is 2.39. The highest BCUT2D eigenvalue weighted by Gasteiger charge is 2.36. The van der Waals surface area contributed by atoms with Crippen LogP contribution in [0.3, 0.4) is 0 Å². The first-order valence-corrected chi connectivity index (χ1v) is 7.05. The number of nitrogens with zero attached hydrogens (tertiary/aromatic N) is 1. The molecule has 2 rings (SSSR count). The topological polar surface area (TPSA) is 57.6 Å². The van der Waals surface area contributed by atoms with E-state index in [1.165, 1.54) is 0 Å². The molecule has 0 bridgehead atoms. The summed E-state index contributed by atoms with van der Waals surface area (Å²) in [5, 5.41) is 9.37. The van der Waals surface area contributed by atoms with Gasteiger partial charge in [0.25, 0.3) is 0 Å². The number of benzene rings is 1. The third-order valence-corrected chi connectivity index (χ3v) is 3.74. The predicted molar refractivity (Wildman–Crippen MR) is 77.8 cm³/mol. The normalized spacial score (nSPS) is 21.7. The van der Waals surface area contributed by atoms with E-state index in [9.17, 15) is 14.7 Å². The van der Waals surface area contributed by atoms with E-state index >= 15 is 0 Å². The Labute approximate surface area is 119 Å². The molecule has 1 amide bonds. The van der Waals surface area contributed by atoms with Crippen molar-refractivity contribution in [1.82, 2.24) is 0 Å². The number of hydrogen-bond acceptors (Lipinski definition) is 2. The van der Waals surface area contributed by atoms with Crippen molar-refractivity contribution in [1.29, 1.82) is 0 Å². The zero-order valence-electron chi connectivity index (χ0n) is 12.2. The van der Waals surface area contributed by atoms with E-state index in [1.54, 1.807) is 4.90 Å². The Kier molecular flexibility index (Phi) is 4.12. The third kappa shape index (κ3) is 2.69. The van der Waals surface area contributed by atoms with Crippen LogP contribution in [0.15, 0.2) is 24.3 Å². The average molecular weight is 275 g/mol. The molecule has 108 valence electrons. The molecule has 0 saturated heterocycles. The van der Waals surface area contributed by atoms with Crippen molar-refractivity contribution < 1.29 is 14.7 Å². The van der Waals surface area contributed by atoms with Crippen LogP contribution in [-0.2, 0) is 9.59 Å². The molecule has 0 fully saturated rings. The predicted octanol–water partition coefficient (Wildman–Crippen LogP) is 3.03. The standard InChI is InChI=1S/C16H21NO3/c1-10(2)8-15(18)17-11(3)9-13(16(19)20)12-6-4-5-7-14(12)17/h4-7,10-11,13H,8-9H2,1-3H3,(H,19,20). The lowest BCUT2D eigenvalue weighted by molar-refractivity contribution is -0.139. The molecule has 2 atom stereocenters. The van der Waals surface area contributed by atoms with Gasteiger partial charge in [-0.2, -0.15) is 0 Å². The summed E-state index contributed by atoms with van der Waals surface area (Å²) >= 11 is 0. The number of amides is 1. The minimum absolute atomic E-state index is 0.0730. The Morgan fingerprint density at radius 1 is 1.35 bits per heavy atom. The maximum absolute atomic E-state index is 12.4. The maximum Gasteiger partial charge on any atom is 0.311 e. The second-order valence-electron chi connectivity index (χ2n) is 5.90. The van der Waals surface area contributed by atoms with E-state index in [2.05, 4.69) is 0 Å². The van der Waals surface area contributed by atoms with Gasteiger partial charge >= 0.3 is 5.97 Å². The summed E-state index contributed by atoms with van der Waals surface area (Å²) in [5.41, 5.74) is 1.50. The molecule has 4 nitrogen and oxygen atoms in total. The number of carbonyl (C=O) groups excluding carboxylic acids is 1. The maximum atomic E-state index is 12.4. The second kappa shape index (κ2) is 5.65. The fourth-order valence-corrected chi connectivity index (χ4v) is 2.87. The van der Waals surface area contributed by atoms with Gasteiger partial charge in [-0.05, 0) is 30.9 Å². The largest absolute Gasteiger partial charge is 0.481 e. The number of carboxylic acids is 1. The van der Waals surface area contributed by atoms with Crippen molar-refractivity contribution in [2.75, 3.05) is 4.90 Å². The van der Waals surface area contributed by atoms with E-state index in [4.69, 9.17) is 0 Å². The van der Waals surface area contributed by atoms with Crippen molar-refractivity contribution in [3.8, 4) is 0 Å². The molecular weight excluding hydrogens is 254 g/mol. The summed E-state index contributed by atoms with van der Waals surface area (Å²) < 4.78 is 0. The fraction of sp³-hybridized carbons (Fsp3) is 0.500. The monoisotopic (exact) mass is 275 g/mol. The van der Waals surface area contributed by atoms with Crippen LogP contribution >= 0.6 is 0 Å². The SMILES string of the molecule is CC(C)CC(=O)N1c2ccccc2C(C(=O)O)CC1C. The first-order valence-electron chi connectivity index (χ1n) is 7.05. The zero-order valence-corrected chi connectivity index (χ0v) is 12.2. The molecule has 0 saturated carbocycles. The first kappa shape index (κ1) is 14.6. The van der Waals surface area contributed by atoms with Crippen molar-refractivity contribution in [3.63, 3.8) is 0 Å². The number of fused-ring (bicyclic) bond motifs is 1. The molecule has 0 aliphatic carbocycles. The van der Waals surface area contributed by atoms with Gasteiger partial charge in [0.2, 0.25) is 5.91 Å². The highest BCUT2D eigenvalue weighted by atomic mass is 16.4. The fourth-order valence-electron chi connectivity index (χ4n) is 2.87. The Morgan fingerprint density at radius 2 is 2.00 bits per heavy atom. The van der Waals surface area contributed by atoms with Crippen LogP contribution < -0.4 is 4.90 Å². The van der Waals surface area contributed by atoms with Gasteiger partial charge in [-0.3, -0.25) is 9.59 Å². The minimum Gasteiger partial charge on any atom is -0.481 e. The van der Waals surface area contributed by atoms with Gasteiger partial charge in [0.05, 0.1) is 5.92 Å². The molecule has 4 heteroatoms. The first-order chi connectivity index (χ1) is 9.41. The molecule has 0 spiro atoms. The number of anilines is 1. The number of para-hydroxylation sites is 1. The van der Waals surface area contributed by atoms with Crippen LogP contribution in [0.5, 0.6) is 0 Å². The van der Waals surface area contributed by atoms with E-state index in [0.717, 1.165) is 11.3 Å². The van der Waals surface area contributed by atoms with Crippen LogP contribution in [0.2, 0.25) is 0 Å². The number of carbonyl (C=O) groups is 2. The number of hydrogen-bond donors (Lipinski definition) is 1. The second-order valence-corrected chi connectivity index (χ2v) is 5.90. The van der Waals surface area contributed by atoms with E-state index in [1.807, 2.05) is 45.0 Å². The molecular formula is C16H21NO3. The van der Waals surface area contributed by atoms with Gasteiger partial charge in [-0.25, -0.2) is 0 Å². The molecule has 1 aliphatic rings. The summed E-state index contributed by atoms with van der Waals surface area (Å²) in [6, 6.07) is 7.26. The number of rotatable bonds is 3. The van der Waals surface area contributed by atoms with Gasteiger partial charge in [-0.1, -0.05) is 32.0 Å². The molecule has 1 aromatic carbocycles. The summed E-state index contributed by atoms with van der Waals surface area (Å²) in [6.45, 7) is 5.95. The molecule has 1 N–H and O–H groups in total. The van der Waals surface area contributed by atoms with E-state index in [0.29, 0.717) is 18.8 Å². The van der Waals surface area contributed by atoms with Gasteiger partial charge in [0.1, 0.15) is 0 Å². The molecule has 1 aliphatic heterocycles. The molecule has 0 aromatic heterocycles. The van der Waals surface area contributed by atoms with Crippen molar-refractivity contribution in [2.24, 2.45) is 5.92 Å². The molecule has 1 heterocycles. The number of carboxylic acid groups (broad SMARTS) is 1. The Balaban J connectivity index is 2.41.